The molecule has 0 aliphatic carbocycles. The molecule has 0 saturated heterocycles. The van der Waals surface area contributed by atoms with E-state index >= 15 is 0 Å². The van der Waals surface area contributed by atoms with E-state index in [-0.39, 0.29) is 6.42 Å². The number of unbranched alkanes of at least 4 members (excludes halogenated alkanes) is 5. The van der Waals surface area contributed by atoms with Crippen molar-refractivity contribution in [1.82, 2.24) is 0 Å². The Morgan fingerprint density at radius 2 is 1.47 bits per heavy atom. The molecule has 0 aliphatic heterocycles. The van der Waals surface area contributed by atoms with E-state index in [0.29, 0.717) is 6.42 Å². The fraction of sp³-hybridized carbons (Fsp3) is 0.588. The first kappa shape index (κ1) is 17.7. The minimum absolute atomic E-state index is 0.213. The van der Waals surface area contributed by atoms with E-state index in [1.165, 1.54) is 32.1 Å². The fourth-order valence-corrected chi connectivity index (χ4v) is 1.67. The van der Waals surface area contributed by atoms with E-state index in [1.807, 2.05) is 18.2 Å². The summed E-state index contributed by atoms with van der Waals surface area (Å²) in [7, 11) is 0. The maximum atomic E-state index is 10.3. The maximum absolute atomic E-state index is 10.3. The summed E-state index contributed by atoms with van der Waals surface area (Å²) in [6, 6.07) is 0. The molecule has 0 saturated carbocycles. The maximum Gasteiger partial charge on any atom is 0.303 e. The standard InChI is InChI=1S/C17H28O2/c1-2-3-4-5-6-7-8-9-10-11-12-13-14-15-16-17(18)19/h7-8,11-14H,2-6,9-10,15-16H2,1H3,(H,18,19)/b8-7+,12-11+,14-13+. The molecule has 0 atom stereocenters. The van der Waals surface area contributed by atoms with E-state index in [4.69, 9.17) is 5.11 Å². The van der Waals surface area contributed by atoms with Crippen LogP contribution in [0.1, 0.15) is 64.7 Å². The second kappa shape index (κ2) is 14.7. The van der Waals surface area contributed by atoms with Crippen LogP contribution in [0.3, 0.4) is 0 Å². The van der Waals surface area contributed by atoms with Crippen molar-refractivity contribution >= 4 is 5.97 Å². The van der Waals surface area contributed by atoms with Crippen molar-refractivity contribution in [1.29, 1.82) is 0 Å². The van der Waals surface area contributed by atoms with Crippen molar-refractivity contribution in [2.24, 2.45) is 0 Å². The zero-order chi connectivity index (χ0) is 14.2. The van der Waals surface area contributed by atoms with Crippen molar-refractivity contribution < 1.29 is 9.90 Å². The van der Waals surface area contributed by atoms with Crippen LogP contribution < -0.4 is 0 Å². The number of rotatable bonds is 12. The highest BCUT2D eigenvalue weighted by molar-refractivity contribution is 5.66. The summed E-state index contributed by atoms with van der Waals surface area (Å²) in [4.78, 5) is 10.3. The van der Waals surface area contributed by atoms with Gasteiger partial charge in [-0.05, 0) is 32.1 Å². The Hall–Kier alpha value is -1.31. The van der Waals surface area contributed by atoms with Crippen LogP contribution in [-0.4, -0.2) is 11.1 Å². The first-order valence-electron chi connectivity index (χ1n) is 7.45. The van der Waals surface area contributed by atoms with Gasteiger partial charge in [-0.3, -0.25) is 4.79 Å². The molecule has 0 rings (SSSR count). The lowest BCUT2D eigenvalue weighted by atomic mass is 10.1. The summed E-state index contributed by atoms with van der Waals surface area (Å²) < 4.78 is 0. The number of carbonyl (C=O) groups is 1. The molecule has 0 unspecified atom stereocenters. The van der Waals surface area contributed by atoms with E-state index < -0.39 is 5.97 Å². The summed E-state index contributed by atoms with van der Waals surface area (Å²) in [5, 5.41) is 8.45. The summed E-state index contributed by atoms with van der Waals surface area (Å²) in [5.74, 6) is -0.738. The second-order valence-corrected chi connectivity index (χ2v) is 4.69. The molecule has 0 aromatic heterocycles. The smallest absolute Gasteiger partial charge is 0.303 e. The Labute approximate surface area is 117 Å². The molecule has 0 spiro atoms. The van der Waals surface area contributed by atoms with Crippen molar-refractivity contribution in [2.45, 2.75) is 64.7 Å². The molecule has 2 heteroatoms. The molecule has 0 aromatic rings. The third-order valence-electron chi connectivity index (χ3n) is 2.80. The minimum Gasteiger partial charge on any atom is -0.481 e. The van der Waals surface area contributed by atoms with Crippen LogP contribution in [0.2, 0.25) is 0 Å². The third-order valence-corrected chi connectivity index (χ3v) is 2.80. The quantitative estimate of drug-likeness (QED) is 0.296. The van der Waals surface area contributed by atoms with Gasteiger partial charge in [0.15, 0.2) is 0 Å². The number of carboxylic acid groups (broad SMARTS) is 1. The normalized spacial score (nSPS) is 12.1. The lowest BCUT2D eigenvalue weighted by Gasteiger charge is -1.93. The molecule has 0 amide bonds. The van der Waals surface area contributed by atoms with Crippen molar-refractivity contribution in [2.75, 3.05) is 0 Å². The molecule has 0 aliphatic rings. The molecular weight excluding hydrogens is 236 g/mol. The Morgan fingerprint density at radius 1 is 0.842 bits per heavy atom. The monoisotopic (exact) mass is 264 g/mol. The van der Waals surface area contributed by atoms with Gasteiger partial charge in [0.05, 0.1) is 0 Å². The fourth-order valence-electron chi connectivity index (χ4n) is 1.67. The molecule has 0 radical (unpaired) electrons. The summed E-state index contributed by atoms with van der Waals surface area (Å²) in [6.45, 7) is 2.23. The Bertz CT molecular complexity index is 288. The zero-order valence-electron chi connectivity index (χ0n) is 12.2. The van der Waals surface area contributed by atoms with Gasteiger partial charge in [-0.2, -0.15) is 0 Å². The lowest BCUT2D eigenvalue weighted by molar-refractivity contribution is -0.136. The minimum atomic E-state index is -0.738. The van der Waals surface area contributed by atoms with Gasteiger partial charge >= 0.3 is 5.97 Å². The topological polar surface area (TPSA) is 37.3 Å². The molecule has 108 valence electrons. The number of carboxylic acids is 1. The SMILES string of the molecule is CCCCCC/C=C/CC/C=C/C=C/CCC(=O)O. The first-order chi connectivity index (χ1) is 9.27. The highest BCUT2D eigenvalue weighted by atomic mass is 16.4. The lowest BCUT2D eigenvalue weighted by Crippen LogP contribution is -1.91. The predicted molar refractivity (Wildman–Crippen MR) is 82.3 cm³/mol. The van der Waals surface area contributed by atoms with E-state index in [9.17, 15) is 4.79 Å². The molecule has 0 fully saturated rings. The van der Waals surface area contributed by atoms with Gasteiger partial charge in [-0.15, -0.1) is 0 Å². The third kappa shape index (κ3) is 16.7. The molecule has 0 aromatic carbocycles. The van der Waals surface area contributed by atoms with Crippen molar-refractivity contribution in [3.8, 4) is 0 Å². The van der Waals surface area contributed by atoms with Crippen molar-refractivity contribution in [3.05, 3.63) is 36.5 Å². The number of allylic oxidation sites excluding steroid dienone is 6. The highest BCUT2D eigenvalue weighted by Gasteiger charge is 1.90. The molecular formula is C17H28O2. The van der Waals surface area contributed by atoms with Gasteiger partial charge in [0.1, 0.15) is 0 Å². The molecule has 19 heavy (non-hydrogen) atoms. The predicted octanol–water partition coefficient (Wildman–Crippen LogP) is 5.27. The van der Waals surface area contributed by atoms with Crippen LogP contribution in [0.25, 0.3) is 0 Å². The van der Waals surface area contributed by atoms with Crippen LogP contribution in [0.15, 0.2) is 36.5 Å². The van der Waals surface area contributed by atoms with E-state index in [1.54, 1.807) is 0 Å². The molecule has 1 N–H and O–H groups in total. The van der Waals surface area contributed by atoms with Crippen LogP contribution in [0.5, 0.6) is 0 Å². The summed E-state index contributed by atoms with van der Waals surface area (Å²) >= 11 is 0. The highest BCUT2D eigenvalue weighted by Crippen LogP contribution is 2.04. The van der Waals surface area contributed by atoms with Gasteiger partial charge in [0.25, 0.3) is 0 Å². The van der Waals surface area contributed by atoms with Gasteiger partial charge in [-0.25, -0.2) is 0 Å². The van der Waals surface area contributed by atoms with Gasteiger partial charge in [-0.1, -0.05) is 62.6 Å². The molecule has 2 nitrogen and oxygen atoms in total. The van der Waals surface area contributed by atoms with E-state index in [0.717, 1.165) is 12.8 Å². The molecule has 0 bridgehead atoms. The second-order valence-electron chi connectivity index (χ2n) is 4.69. The molecule has 0 heterocycles. The van der Waals surface area contributed by atoms with Crippen LogP contribution in [-0.2, 0) is 4.79 Å². The first-order valence-corrected chi connectivity index (χ1v) is 7.45. The number of hydrogen-bond acceptors (Lipinski definition) is 1. The van der Waals surface area contributed by atoms with Crippen LogP contribution in [0.4, 0.5) is 0 Å². The average molecular weight is 264 g/mol. The zero-order valence-corrected chi connectivity index (χ0v) is 12.2. The van der Waals surface area contributed by atoms with Crippen LogP contribution >= 0.6 is 0 Å². The number of hydrogen-bond donors (Lipinski definition) is 1. The van der Waals surface area contributed by atoms with Gasteiger partial charge in [0.2, 0.25) is 0 Å². The Kier molecular flexibility index (Phi) is 13.7. The van der Waals surface area contributed by atoms with Gasteiger partial charge < -0.3 is 5.11 Å². The summed E-state index contributed by atoms with van der Waals surface area (Å²) in [6.07, 6.45) is 22.0. The largest absolute Gasteiger partial charge is 0.481 e. The summed E-state index contributed by atoms with van der Waals surface area (Å²) in [5.41, 5.74) is 0. The van der Waals surface area contributed by atoms with E-state index in [2.05, 4.69) is 25.2 Å². The van der Waals surface area contributed by atoms with Crippen LogP contribution in [0, 0.1) is 0 Å². The Morgan fingerprint density at radius 3 is 2.16 bits per heavy atom. The van der Waals surface area contributed by atoms with Gasteiger partial charge in [0, 0.05) is 6.42 Å². The van der Waals surface area contributed by atoms with Crippen molar-refractivity contribution in [3.63, 3.8) is 0 Å². The number of aliphatic carboxylic acids is 1. The Balaban J connectivity index is 3.33. The average Bonchev–Trinajstić information content (AvgIpc) is 2.39.